The van der Waals surface area contributed by atoms with Crippen molar-refractivity contribution < 1.29 is 4.79 Å². The Morgan fingerprint density at radius 3 is 2.74 bits per heavy atom. The predicted molar refractivity (Wildman–Crippen MR) is 72.9 cm³/mol. The molecule has 0 spiro atoms. The summed E-state index contributed by atoms with van der Waals surface area (Å²) in [6.45, 7) is 0.511. The van der Waals surface area contributed by atoms with E-state index in [0.29, 0.717) is 30.0 Å². The zero-order chi connectivity index (χ0) is 13.4. The van der Waals surface area contributed by atoms with Crippen LogP contribution in [0, 0.1) is 18.3 Å². The van der Waals surface area contributed by atoms with Gasteiger partial charge < -0.3 is 0 Å². The molecule has 0 radical (unpaired) electrons. The molecule has 1 aliphatic carbocycles. The number of nitrogens with zero attached hydrogens (tertiary/aromatic N) is 4. The molecule has 1 aromatic heterocycles. The van der Waals surface area contributed by atoms with Crippen molar-refractivity contribution in [2.45, 2.75) is 30.3 Å². The third-order valence-corrected chi connectivity index (χ3v) is 3.90. The number of amides is 1. The molecule has 98 valence electrons. The van der Waals surface area contributed by atoms with Crippen LogP contribution in [0.2, 0.25) is 0 Å². The zero-order valence-corrected chi connectivity index (χ0v) is 11.5. The van der Waals surface area contributed by atoms with Crippen LogP contribution in [-0.2, 0) is 4.79 Å². The topological polar surface area (TPSA) is 59.0 Å². The van der Waals surface area contributed by atoms with Gasteiger partial charge in [0.2, 0.25) is 11.9 Å². The Balaban J connectivity index is 1.93. The lowest BCUT2D eigenvalue weighted by atomic mass is 10.1. The molecule has 1 saturated carbocycles. The number of rotatable bonds is 3. The van der Waals surface area contributed by atoms with E-state index in [1.165, 1.54) is 11.8 Å². The van der Waals surface area contributed by atoms with E-state index in [4.69, 9.17) is 6.42 Å². The van der Waals surface area contributed by atoms with Crippen molar-refractivity contribution in [2.75, 3.05) is 17.7 Å². The average molecular weight is 274 g/mol. The van der Waals surface area contributed by atoms with Crippen LogP contribution in [0.5, 0.6) is 0 Å². The lowest BCUT2D eigenvalue weighted by Crippen LogP contribution is -2.27. The summed E-state index contributed by atoms with van der Waals surface area (Å²) in [4.78, 5) is 26.8. The van der Waals surface area contributed by atoms with Gasteiger partial charge in [-0.05, 0) is 19.1 Å². The second-order valence-corrected chi connectivity index (χ2v) is 5.60. The smallest absolute Gasteiger partial charge is 0.236 e. The number of anilines is 1. The van der Waals surface area contributed by atoms with Gasteiger partial charge in [-0.25, -0.2) is 4.98 Å². The predicted octanol–water partition coefficient (Wildman–Crippen LogP) is 1.46. The Morgan fingerprint density at radius 2 is 2.16 bits per heavy atom. The highest BCUT2D eigenvalue weighted by atomic mass is 32.2. The number of carbonyl (C=O) groups excluding carboxylic acids is 1. The number of hydrogen-bond acceptors (Lipinski definition) is 5. The summed E-state index contributed by atoms with van der Waals surface area (Å²) >= 11 is 1.47. The summed E-state index contributed by atoms with van der Waals surface area (Å²) in [6.07, 6.45) is 9.95. The molecule has 2 aliphatic rings. The van der Waals surface area contributed by atoms with Gasteiger partial charge in [0.05, 0.1) is 0 Å². The number of terminal acetylenes is 1. The Bertz CT molecular complexity index is 564. The number of hydrogen-bond donors (Lipinski definition) is 0. The van der Waals surface area contributed by atoms with Gasteiger partial charge in [0.25, 0.3) is 0 Å². The van der Waals surface area contributed by atoms with Crippen molar-refractivity contribution in [1.82, 2.24) is 15.0 Å². The van der Waals surface area contributed by atoms with E-state index in [1.54, 1.807) is 4.90 Å². The van der Waals surface area contributed by atoms with Crippen molar-refractivity contribution in [1.29, 1.82) is 0 Å². The van der Waals surface area contributed by atoms with E-state index in [9.17, 15) is 4.79 Å². The van der Waals surface area contributed by atoms with Crippen LogP contribution in [0.4, 0.5) is 5.95 Å². The average Bonchev–Trinajstić information content (AvgIpc) is 3.21. The van der Waals surface area contributed by atoms with Gasteiger partial charge in [-0.1, -0.05) is 11.8 Å². The van der Waals surface area contributed by atoms with E-state index in [-0.39, 0.29) is 11.8 Å². The third-order valence-electron chi connectivity index (χ3n) is 3.35. The van der Waals surface area contributed by atoms with Crippen molar-refractivity contribution in [3.8, 4) is 12.3 Å². The standard InChI is InChI=1S/C13H14N4OS/c1-3-8-6-10(18)17(7-8)12-14-11(9-4-5-9)15-13(16-12)19-2/h1,8-9H,4-7H2,2H3. The van der Waals surface area contributed by atoms with Crippen molar-refractivity contribution in [3.05, 3.63) is 5.82 Å². The van der Waals surface area contributed by atoms with E-state index in [2.05, 4.69) is 20.9 Å². The number of aromatic nitrogens is 3. The Labute approximate surface area is 116 Å². The Morgan fingerprint density at radius 1 is 1.37 bits per heavy atom. The first-order valence-electron chi connectivity index (χ1n) is 6.27. The summed E-state index contributed by atoms with van der Waals surface area (Å²) in [5.41, 5.74) is 0. The van der Waals surface area contributed by atoms with Gasteiger partial charge in [0, 0.05) is 24.8 Å². The van der Waals surface area contributed by atoms with Gasteiger partial charge in [0.15, 0.2) is 5.16 Å². The first-order chi connectivity index (χ1) is 9.21. The molecule has 0 bridgehead atoms. The summed E-state index contributed by atoms with van der Waals surface area (Å²) in [5.74, 6) is 4.31. The second-order valence-electron chi connectivity index (χ2n) is 4.83. The minimum absolute atomic E-state index is 0.00273. The quantitative estimate of drug-likeness (QED) is 0.617. The summed E-state index contributed by atoms with van der Waals surface area (Å²) in [7, 11) is 0. The van der Waals surface area contributed by atoms with Crippen LogP contribution < -0.4 is 4.90 Å². The number of carbonyl (C=O) groups is 1. The maximum Gasteiger partial charge on any atom is 0.236 e. The molecule has 0 aromatic carbocycles. The molecule has 1 aliphatic heterocycles. The molecule has 3 rings (SSSR count). The van der Waals surface area contributed by atoms with Crippen LogP contribution in [-0.4, -0.2) is 33.7 Å². The van der Waals surface area contributed by atoms with Crippen LogP contribution in [0.1, 0.15) is 31.0 Å². The Kier molecular flexibility index (Phi) is 3.15. The molecule has 1 atom stereocenters. The van der Waals surface area contributed by atoms with Gasteiger partial charge in [0.1, 0.15) is 5.82 Å². The molecule has 2 heterocycles. The van der Waals surface area contributed by atoms with Crippen LogP contribution in [0.25, 0.3) is 0 Å². The van der Waals surface area contributed by atoms with Crippen molar-refractivity contribution >= 4 is 23.6 Å². The molecular weight excluding hydrogens is 260 g/mol. The largest absolute Gasteiger partial charge is 0.279 e. The molecule has 1 aromatic rings. The number of thioether (sulfide) groups is 1. The van der Waals surface area contributed by atoms with Crippen LogP contribution in [0.15, 0.2) is 5.16 Å². The SMILES string of the molecule is C#CC1CC(=O)N(c2nc(SC)nc(C3CC3)n2)C1. The molecule has 0 N–H and O–H groups in total. The zero-order valence-electron chi connectivity index (χ0n) is 10.7. The first kappa shape index (κ1) is 12.4. The van der Waals surface area contributed by atoms with Gasteiger partial charge in [-0.15, -0.1) is 12.3 Å². The summed E-state index contributed by atoms with van der Waals surface area (Å²) in [6, 6.07) is 0. The molecule has 1 amide bonds. The summed E-state index contributed by atoms with van der Waals surface area (Å²) in [5, 5.41) is 0.670. The molecule has 2 fully saturated rings. The highest BCUT2D eigenvalue weighted by Crippen LogP contribution is 2.39. The molecule has 5 nitrogen and oxygen atoms in total. The third kappa shape index (κ3) is 2.43. The van der Waals surface area contributed by atoms with Gasteiger partial charge in [-0.2, -0.15) is 9.97 Å². The fraction of sp³-hybridized carbons (Fsp3) is 0.538. The molecule has 19 heavy (non-hydrogen) atoms. The maximum absolute atomic E-state index is 12.0. The van der Waals surface area contributed by atoms with Gasteiger partial charge >= 0.3 is 0 Å². The minimum atomic E-state index is -0.0358. The lowest BCUT2D eigenvalue weighted by molar-refractivity contribution is -0.117. The highest BCUT2D eigenvalue weighted by Gasteiger charge is 2.33. The molecular formula is C13H14N4OS. The fourth-order valence-corrected chi connectivity index (χ4v) is 2.47. The molecule has 1 saturated heterocycles. The van der Waals surface area contributed by atoms with Crippen molar-refractivity contribution in [3.63, 3.8) is 0 Å². The first-order valence-corrected chi connectivity index (χ1v) is 7.50. The minimum Gasteiger partial charge on any atom is -0.279 e. The van der Waals surface area contributed by atoms with Crippen LogP contribution in [0.3, 0.4) is 0 Å². The second kappa shape index (κ2) is 4.82. The summed E-state index contributed by atoms with van der Waals surface area (Å²) < 4.78 is 0. The van der Waals surface area contributed by atoms with Gasteiger partial charge in [-0.3, -0.25) is 9.69 Å². The Hall–Kier alpha value is -1.61. The molecule has 6 heteroatoms. The fourth-order valence-electron chi connectivity index (χ4n) is 2.11. The van der Waals surface area contributed by atoms with E-state index in [1.807, 2.05) is 6.26 Å². The maximum atomic E-state index is 12.0. The highest BCUT2D eigenvalue weighted by molar-refractivity contribution is 7.98. The monoisotopic (exact) mass is 274 g/mol. The lowest BCUT2D eigenvalue weighted by Gasteiger charge is -2.14. The van der Waals surface area contributed by atoms with Crippen LogP contribution >= 0.6 is 11.8 Å². The molecule has 1 unspecified atom stereocenters. The van der Waals surface area contributed by atoms with Crippen molar-refractivity contribution in [2.24, 2.45) is 5.92 Å². The van der Waals surface area contributed by atoms with E-state index in [0.717, 1.165) is 18.7 Å². The van der Waals surface area contributed by atoms with E-state index < -0.39 is 0 Å². The normalized spacial score (nSPS) is 22.6. The van der Waals surface area contributed by atoms with E-state index >= 15 is 0 Å².